The molecule has 4 saturated carbocycles. The zero-order valence-electron chi connectivity index (χ0n) is 19.0. The summed E-state index contributed by atoms with van der Waals surface area (Å²) < 4.78 is 40.5. The molecule has 0 aromatic carbocycles. The van der Waals surface area contributed by atoms with E-state index in [9.17, 15) is 23.4 Å². The van der Waals surface area contributed by atoms with Crippen LogP contribution in [0.1, 0.15) is 97.8 Å². The number of aliphatic hydroxyl groups is 2. The van der Waals surface area contributed by atoms with Crippen molar-refractivity contribution in [2.45, 2.75) is 116 Å². The number of hydrogen-bond donors (Lipinski definition) is 2. The summed E-state index contributed by atoms with van der Waals surface area (Å²) in [6, 6.07) is 0. The van der Waals surface area contributed by atoms with Gasteiger partial charge in [-0.25, -0.2) is 0 Å². The van der Waals surface area contributed by atoms with Gasteiger partial charge in [0.05, 0.1) is 6.10 Å². The van der Waals surface area contributed by atoms with Crippen LogP contribution in [0.25, 0.3) is 0 Å². The molecule has 2 N–H and O–H groups in total. The Labute approximate surface area is 180 Å². The molecule has 4 rings (SSSR count). The van der Waals surface area contributed by atoms with E-state index in [2.05, 4.69) is 13.8 Å². The molecule has 0 aliphatic heterocycles. The quantitative estimate of drug-likeness (QED) is 0.535. The lowest BCUT2D eigenvalue weighted by molar-refractivity contribution is -0.290. The maximum Gasteiger partial charge on any atom is 0.417 e. The van der Waals surface area contributed by atoms with Crippen molar-refractivity contribution in [3.63, 3.8) is 0 Å². The van der Waals surface area contributed by atoms with E-state index in [1.54, 1.807) is 0 Å². The van der Waals surface area contributed by atoms with Crippen molar-refractivity contribution in [1.29, 1.82) is 0 Å². The van der Waals surface area contributed by atoms with Gasteiger partial charge in [-0.1, -0.05) is 20.3 Å². The second-order valence-electron chi connectivity index (χ2n) is 12.0. The average molecular weight is 431 g/mol. The number of hydrogen-bond acceptors (Lipinski definition) is 2. The highest BCUT2D eigenvalue weighted by atomic mass is 19.4. The minimum atomic E-state index is -4.51. The molecule has 9 atom stereocenters. The summed E-state index contributed by atoms with van der Waals surface area (Å²) in [6.45, 7) is 6.61. The van der Waals surface area contributed by atoms with Crippen LogP contribution in [0.3, 0.4) is 0 Å². The van der Waals surface area contributed by atoms with Gasteiger partial charge in [0.25, 0.3) is 0 Å². The highest BCUT2D eigenvalue weighted by Crippen LogP contribution is 2.69. The van der Waals surface area contributed by atoms with Crippen molar-refractivity contribution in [1.82, 2.24) is 0 Å². The van der Waals surface area contributed by atoms with E-state index in [0.29, 0.717) is 29.6 Å². The minimum absolute atomic E-state index is 0.00766. The van der Waals surface area contributed by atoms with Crippen LogP contribution in [0.4, 0.5) is 13.2 Å². The highest BCUT2D eigenvalue weighted by Gasteiger charge is 2.64. The van der Waals surface area contributed by atoms with Gasteiger partial charge in [0.15, 0.2) is 5.60 Å². The number of rotatable bonds is 4. The molecular formula is C25H41F3O2. The first-order chi connectivity index (χ1) is 13.9. The molecule has 174 valence electrons. The zero-order chi connectivity index (χ0) is 21.9. The molecule has 4 aliphatic carbocycles. The number of halogens is 3. The third-order valence-electron chi connectivity index (χ3n) is 10.6. The fourth-order valence-corrected chi connectivity index (χ4v) is 8.75. The Morgan fingerprint density at radius 2 is 1.63 bits per heavy atom. The predicted octanol–water partition coefficient (Wildman–Crippen LogP) is 6.49. The molecule has 0 heterocycles. The highest BCUT2D eigenvalue weighted by molar-refractivity contribution is 5.11. The smallest absolute Gasteiger partial charge is 0.393 e. The molecule has 0 unspecified atom stereocenters. The zero-order valence-corrected chi connectivity index (χ0v) is 19.0. The molecule has 0 aromatic rings. The van der Waals surface area contributed by atoms with E-state index in [4.69, 9.17) is 0 Å². The van der Waals surface area contributed by atoms with E-state index in [-0.39, 0.29) is 30.3 Å². The van der Waals surface area contributed by atoms with Crippen LogP contribution >= 0.6 is 0 Å². The maximum absolute atomic E-state index is 13.5. The van der Waals surface area contributed by atoms with Crippen molar-refractivity contribution in [2.75, 3.05) is 0 Å². The largest absolute Gasteiger partial charge is 0.417 e. The summed E-state index contributed by atoms with van der Waals surface area (Å²) in [5.74, 6) is 2.59. The lowest BCUT2D eigenvalue weighted by Gasteiger charge is -2.62. The van der Waals surface area contributed by atoms with Gasteiger partial charge < -0.3 is 10.2 Å². The molecule has 30 heavy (non-hydrogen) atoms. The fraction of sp³-hybridized carbons (Fsp3) is 1.00. The summed E-state index contributed by atoms with van der Waals surface area (Å²) in [5.41, 5.74) is -2.16. The average Bonchev–Trinajstić information content (AvgIpc) is 2.98. The predicted molar refractivity (Wildman–Crippen MR) is 112 cm³/mol. The van der Waals surface area contributed by atoms with Crippen LogP contribution in [-0.2, 0) is 0 Å². The van der Waals surface area contributed by atoms with Gasteiger partial charge in [-0.15, -0.1) is 0 Å². The van der Waals surface area contributed by atoms with Gasteiger partial charge in [0.2, 0.25) is 0 Å². The van der Waals surface area contributed by atoms with Gasteiger partial charge in [-0.2, -0.15) is 13.2 Å². The monoisotopic (exact) mass is 430 g/mol. The molecule has 5 heteroatoms. The van der Waals surface area contributed by atoms with Crippen LogP contribution in [0.5, 0.6) is 0 Å². The summed E-state index contributed by atoms with van der Waals surface area (Å²) in [6.07, 6.45) is 5.49. The van der Waals surface area contributed by atoms with Crippen molar-refractivity contribution >= 4 is 0 Å². The first-order valence-electron chi connectivity index (χ1n) is 12.4. The van der Waals surface area contributed by atoms with Gasteiger partial charge >= 0.3 is 6.18 Å². The Hall–Kier alpha value is -0.290. The Morgan fingerprint density at radius 1 is 0.933 bits per heavy atom. The molecule has 0 spiro atoms. The molecule has 4 fully saturated rings. The Kier molecular flexibility index (Phi) is 5.83. The minimum Gasteiger partial charge on any atom is -0.393 e. The van der Waals surface area contributed by atoms with Crippen molar-refractivity contribution in [3.05, 3.63) is 0 Å². The van der Waals surface area contributed by atoms with Crippen LogP contribution < -0.4 is 0 Å². The summed E-state index contributed by atoms with van der Waals surface area (Å²) in [5, 5.41) is 20.0. The molecule has 0 bridgehead atoms. The summed E-state index contributed by atoms with van der Waals surface area (Å²) in [7, 11) is 0. The van der Waals surface area contributed by atoms with E-state index in [0.717, 1.165) is 38.0 Å². The van der Waals surface area contributed by atoms with Gasteiger partial charge in [-0.3, -0.25) is 0 Å². The molecule has 0 aromatic heterocycles. The van der Waals surface area contributed by atoms with Gasteiger partial charge in [0.1, 0.15) is 0 Å². The van der Waals surface area contributed by atoms with E-state index >= 15 is 0 Å². The number of aliphatic hydroxyl groups excluding tert-OH is 1. The number of fused-ring (bicyclic) bond motifs is 5. The summed E-state index contributed by atoms with van der Waals surface area (Å²) in [4.78, 5) is 0. The van der Waals surface area contributed by atoms with E-state index in [1.807, 2.05) is 6.92 Å². The van der Waals surface area contributed by atoms with E-state index < -0.39 is 11.8 Å². The second-order valence-corrected chi connectivity index (χ2v) is 12.0. The van der Waals surface area contributed by atoms with Crippen LogP contribution in [0.2, 0.25) is 0 Å². The lowest BCUT2D eigenvalue weighted by Crippen LogP contribution is -2.59. The van der Waals surface area contributed by atoms with Crippen molar-refractivity contribution in [3.8, 4) is 0 Å². The standard InChI is InChI=1S/C25H41F3O2/c1-16(29)5-4-6-17-8-10-20-19-9-7-18-15-24(30,25(26,27)28)14-13-23(18,3)21(19)11-12-22(17,20)2/h16-21,29-30H,4-15H2,1-3H3/t16-,17-,18+,19+,20+,21+,22-,23+,24+/m1/s1. The lowest BCUT2D eigenvalue weighted by atomic mass is 9.43. The summed E-state index contributed by atoms with van der Waals surface area (Å²) >= 11 is 0. The molecular weight excluding hydrogens is 389 g/mol. The molecule has 0 amide bonds. The van der Waals surface area contributed by atoms with Crippen molar-refractivity contribution < 1.29 is 23.4 Å². The molecule has 4 aliphatic rings. The SMILES string of the molecule is C[C@@H](O)CCC[C@@H]1CC[C@H]2[C@@H]3CC[C@H]4C[C@](O)(C(F)(F)F)CC[C@]4(C)[C@H]3CC[C@]12C. The topological polar surface area (TPSA) is 40.5 Å². The number of alkyl halides is 3. The van der Waals surface area contributed by atoms with Crippen molar-refractivity contribution in [2.24, 2.45) is 40.4 Å². The molecule has 0 saturated heterocycles. The van der Waals surface area contributed by atoms with E-state index in [1.165, 1.54) is 25.7 Å². The van der Waals surface area contributed by atoms with Gasteiger partial charge in [0, 0.05) is 0 Å². The molecule has 2 nitrogen and oxygen atoms in total. The fourth-order valence-electron chi connectivity index (χ4n) is 8.75. The van der Waals surface area contributed by atoms with Crippen LogP contribution in [0.15, 0.2) is 0 Å². The van der Waals surface area contributed by atoms with Crippen LogP contribution in [0, 0.1) is 40.4 Å². The first-order valence-corrected chi connectivity index (χ1v) is 12.4. The van der Waals surface area contributed by atoms with Gasteiger partial charge in [-0.05, 0) is 118 Å². The second kappa shape index (κ2) is 7.64. The normalized spacial score (nSPS) is 49.8. The Bertz CT molecular complexity index is 634. The Balaban J connectivity index is 1.48. The first kappa shape index (κ1) is 22.9. The van der Waals surface area contributed by atoms with Crippen LogP contribution in [-0.4, -0.2) is 28.1 Å². The third-order valence-corrected chi connectivity index (χ3v) is 10.6. The molecule has 0 radical (unpaired) electrons. The maximum atomic E-state index is 13.5. The Morgan fingerprint density at radius 3 is 2.30 bits per heavy atom. The third kappa shape index (κ3) is 3.54.